The Morgan fingerprint density at radius 3 is 2.47 bits per heavy atom. The molecule has 0 bridgehead atoms. The fraction of sp³-hybridized carbons (Fsp3) is 0.0769. The summed E-state index contributed by atoms with van der Waals surface area (Å²) in [7, 11) is 0. The van der Waals surface area contributed by atoms with Gasteiger partial charge < -0.3 is 9.47 Å². The van der Waals surface area contributed by atoms with Gasteiger partial charge in [0.1, 0.15) is 0 Å². The van der Waals surface area contributed by atoms with E-state index in [2.05, 4.69) is 0 Å². The highest BCUT2D eigenvalue weighted by Gasteiger charge is 2.18. The predicted molar refractivity (Wildman–Crippen MR) is 68.0 cm³/mol. The Kier molecular flexibility index (Phi) is 2.61. The Hall–Kier alpha value is -1.38. The second kappa shape index (κ2) is 4.13. The zero-order valence-corrected chi connectivity index (χ0v) is 10.3. The smallest absolute Gasteiger partial charge is 0.231 e. The fourth-order valence-corrected chi connectivity index (χ4v) is 2.39. The number of fused-ring (bicyclic) bond motifs is 1. The van der Waals surface area contributed by atoms with Gasteiger partial charge >= 0.3 is 0 Å². The van der Waals surface area contributed by atoms with Crippen molar-refractivity contribution in [3.8, 4) is 22.6 Å². The maximum absolute atomic E-state index is 5.99. The topological polar surface area (TPSA) is 18.5 Å². The SMILES string of the molecule is Clc1cc(Cl)cc(-c2cccc3c2OCO3)c1. The van der Waals surface area contributed by atoms with Crippen molar-refractivity contribution in [2.75, 3.05) is 6.79 Å². The highest BCUT2D eigenvalue weighted by atomic mass is 35.5. The lowest BCUT2D eigenvalue weighted by molar-refractivity contribution is 0.174. The third-order valence-electron chi connectivity index (χ3n) is 2.57. The zero-order chi connectivity index (χ0) is 11.8. The summed E-state index contributed by atoms with van der Waals surface area (Å²) in [6.45, 7) is 0.251. The molecule has 4 heteroatoms. The van der Waals surface area contributed by atoms with Crippen LogP contribution >= 0.6 is 23.2 Å². The minimum absolute atomic E-state index is 0.251. The summed E-state index contributed by atoms with van der Waals surface area (Å²) in [5.41, 5.74) is 1.86. The van der Waals surface area contributed by atoms with E-state index in [9.17, 15) is 0 Å². The van der Waals surface area contributed by atoms with Crippen LogP contribution in [0.2, 0.25) is 10.0 Å². The molecular weight excluding hydrogens is 259 g/mol. The lowest BCUT2D eigenvalue weighted by atomic mass is 10.0. The van der Waals surface area contributed by atoms with Crippen LogP contribution in [-0.2, 0) is 0 Å². The molecule has 0 saturated carbocycles. The Morgan fingerprint density at radius 1 is 0.941 bits per heavy atom. The van der Waals surface area contributed by atoms with Gasteiger partial charge in [0.05, 0.1) is 0 Å². The van der Waals surface area contributed by atoms with Gasteiger partial charge in [0, 0.05) is 15.6 Å². The molecule has 17 heavy (non-hydrogen) atoms. The molecule has 1 aliphatic heterocycles. The molecule has 86 valence electrons. The standard InChI is InChI=1S/C13H8Cl2O2/c14-9-4-8(5-10(15)6-9)11-2-1-3-12-13(11)17-7-16-12/h1-6H,7H2. The number of para-hydroxylation sites is 1. The van der Waals surface area contributed by atoms with Gasteiger partial charge in [-0.15, -0.1) is 0 Å². The van der Waals surface area contributed by atoms with Crippen LogP contribution in [0.15, 0.2) is 36.4 Å². The molecule has 0 radical (unpaired) electrons. The molecule has 1 aliphatic rings. The van der Waals surface area contributed by atoms with Crippen LogP contribution in [-0.4, -0.2) is 6.79 Å². The first-order valence-electron chi connectivity index (χ1n) is 5.09. The number of hydrogen-bond donors (Lipinski definition) is 0. The quantitative estimate of drug-likeness (QED) is 0.762. The Balaban J connectivity index is 2.19. The molecule has 0 amide bonds. The second-order valence-corrected chi connectivity index (χ2v) is 4.57. The van der Waals surface area contributed by atoms with E-state index < -0.39 is 0 Å². The van der Waals surface area contributed by atoms with Crippen molar-refractivity contribution in [2.45, 2.75) is 0 Å². The summed E-state index contributed by atoms with van der Waals surface area (Å²) in [6.07, 6.45) is 0. The van der Waals surface area contributed by atoms with Gasteiger partial charge in [0.25, 0.3) is 0 Å². The maximum atomic E-state index is 5.99. The summed E-state index contributed by atoms with van der Waals surface area (Å²) >= 11 is 12.0. The highest BCUT2D eigenvalue weighted by Crippen LogP contribution is 2.42. The van der Waals surface area contributed by atoms with E-state index in [0.717, 1.165) is 22.6 Å². The minimum Gasteiger partial charge on any atom is -0.454 e. The summed E-state index contributed by atoms with van der Waals surface area (Å²) in [5, 5.41) is 1.20. The van der Waals surface area contributed by atoms with Crippen molar-refractivity contribution in [1.82, 2.24) is 0 Å². The summed E-state index contributed by atoms with van der Waals surface area (Å²) < 4.78 is 10.8. The molecule has 3 rings (SSSR count). The molecule has 0 aromatic heterocycles. The predicted octanol–water partition coefficient (Wildman–Crippen LogP) is 4.39. The van der Waals surface area contributed by atoms with Crippen molar-refractivity contribution in [3.63, 3.8) is 0 Å². The Labute approximate surface area is 109 Å². The van der Waals surface area contributed by atoms with Gasteiger partial charge in [-0.2, -0.15) is 0 Å². The first kappa shape index (κ1) is 10.8. The summed E-state index contributed by atoms with van der Waals surface area (Å²) in [6, 6.07) is 11.1. The van der Waals surface area contributed by atoms with Gasteiger partial charge in [-0.1, -0.05) is 35.3 Å². The highest BCUT2D eigenvalue weighted by molar-refractivity contribution is 6.35. The average Bonchev–Trinajstić information content (AvgIpc) is 2.75. The van der Waals surface area contributed by atoms with E-state index in [0.29, 0.717) is 10.0 Å². The van der Waals surface area contributed by atoms with E-state index in [1.807, 2.05) is 30.3 Å². The lowest BCUT2D eigenvalue weighted by Gasteiger charge is -2.07. The van der Waals surface area contributed by atoms with Crippen molar-refractivity contribution >= 4 is 23.2 Å². The molecule has 2 aromatic carbocycles. The minimum atomic E-state index is 0.251. The van der Waals surface area contributed by atoms with Crippen molar-refractivity contribution in [3.05, 3.63) is 46.4 Å². The van der Waals surface area contributed by atoms with Crippen LogP contribution in [0.5, 0.6) is 11.5 Å². The molecule has 0 aliphatic carbocycles. The zero-order valence-electron chi connectivity index (χ0n) is 8.74. The van der Waals surface area contributed by atoms with Crippen LogP contribution < -0.4 is 9.47 Å². The average molecular weight is 267 g/mol. The lowest BCUT2D eigenvalue weighted by Crippen LogP contribution is -1.93. The fourth-order valence-electron chi connectivity index (χ4n) is 1.87. The van der Waals surface area contributed by atoms with Crippen molar-refractivity contribution < 1.29 is 9.47 Å². The molecule has 0 unspecified atom stereocenters. The normalized spacial score (nSPS) is 12.8. The number of benzene rings is 2. The van der Waals surface area contributed by atoms with Crippen LogP contribution in [0.25, 0.3) is 11.1 Å². The number of hydrogen-bond acceptors (Lipinski definition) is 2. The molecule has 0 saturated heterocycles. The van der Waals surface area contributed by atoms with Crippen molar-refractivity contribution in [1.29, 1.82) is 0 Å². The third-order valence-corrected chi connectivity index (χ3v) is 3.01. The first-order valence-corrected chi connectivity index (χ1v) is 5.85. The molecule has 0 atom stereocenters. The Morgan fingerprint density at radius 2 is 1.71 bits per heavy atom. The molecule has 0 fully saturated rings. The van der Waals surface area contributed by atoms with Crippen LogP contribution in [0.3, 0.4) is 0 Å². The van der Waals surface area contributed by atoms with E-state index in [4.69, 9.17) is 32.7 Å². The van der Waals surface area contributed by atoms with E-state index >= 15 is 0 Å². The molecular formula is C13H8Cl2O2. The van der Waals surface area contributed by atoms with Gasteiger partial charge in [0.2, 0.25) is 6.79 Å². The number of rotatable bonds is 1. The van der Waals surface area contributed by atoms with Gasteiger partial charge in [-0.3, -0.25) is 0 Å². The third kappa shape index (κ3) is 1.94. The van der Waals surface area contributed by atoms with Gasteiger partial charge in [-0.25, -0.2) is 0 Å². The van der Waals surface area contributed by atoms with Crippen molar-refractivity contribution in [2.24, 2.45) is 0 Å². The van der Waals surface area contributed by atoms with E-state index in [-0.39, 0.29) is 6.79 Å². The number of ether oxygens (including phenoxy) is 2. The summed E-state index contributed by atoms with van der Waals surface area (Å²) in [4.78, 5) is 0. The summed E-state index contributed by atoms with van der Waals surface area (Å²) in [5.74, 6) is 1.49. The Bertz CT molecular complexity index is 561. The van der Waals surface area contributed by atoms with E-state index in [1.165, 1.54) is 0 Å². The second-order valence-electron chi connectivity index (χ2n) is 3.70. The number of halogens is 2. The van der Waals surface area contributed by atoms with Gasteiger partial charge in [0.15, 0.2) is 11.5 Å². The first-order chi connectivity index (χ1) is 8.24. The molecule has 0 spiro atoms. The molecule has 2 aromatic rings. The molecule has 1 heterocycles. The van der Waals surface area contributed by atoms with E-state index in [1.54, 1.807) is 6.07 Å². The molecule has 2 nitrogen and oxygen atoms in total. The van der Waals surface area contributed by atoms with Gasteiger partial charge in [-0.05, 0) is 29.8 Å². The monoisotopic (exact) mass is 266 g/mol. The van der Waals surface area contributed by atoms with Crippen LogP contribution in [0, 0.1) is 0 Å². The largest absolute Gasteiger partial charge is 0.454 e. The molecule has 0 N–H and O–H groups in total. The van der Waals surface area contributed by atoms with Crippen LogP contribution in [0.1, 0.15) is 0 Å². The maximum Gasteiger partial charge on any atom is 0.231 e. The van der Waals surface area contributed by atoms with Crippen LogP contribution in [0.4, 0.5) is 0 Å².